The van der Waals surface area contributed by atoms with Crippen LogP contribution in [0.4, 0.5) is 0 Å². The third-order valence-corrected chi connectivity index (χ3v) is 4.09. The molecule has 6 heteroatoms. The highest BCUT2D eigenvalue weighted by molar-refractivity contribution is 6.30. The number of methoxy groups -OCH3 is 3. The molecule has 1 atom stereocenters. The number of carbonyl (C=O) groups excluding carboxylic acids is 1. The molecular formula is C19H22ClNO4. The Balaban J connectivity index is 2.10. The first-order chi connectivity index (χ1) is 12.0. The summed E-state index contributed by atoms with van der Waals surface area (Å²) in [5, 5.41) is 3.64. The van der Waals surface area contributed by atoms with Crippen LogP contribution in [0.15, 0.2) is 36.4 Å². The van der Waals surface area contributed by atoms with Gasteiger partial charge in [0, 0.05) is 5.02 Å². The lowest BCUT2D eigenvalue weighted by atomic mass is 10.1. The predicted octanol–water partition coefficient (Wildman–Crippen LogP) is 3.79. The maximum Gasteiger partial charge on any atom is 0.224 e. The van der Waals surface area contributed by atoms with Crippen LogP contribution in [-0.4, -0.2) is 27.2 Å². The van der Waals surface area contributed by atoms with Crippen LogP contribution in [-0.2, 0) is 11.2 Å². The Kier molecular flexibility index (Phi) is 6.53. The van der Waals surface area contributed by atoms with Crippen LogP contribution in [0, 0.1) is 0 Å². The lowest BCUT2D eigenvalue weighted by molar-refractivity contribution is -0.121. The third-order valence-electron chi connectivity index (χ3n) is 3.84. The molecule has 2 aromatic carbocycles. The number of hydrogen-bond donors (Lipinski definition) is 1. The minimum atomic E-state index is -0.119. The summed E-state index contributed by atoms with van der Waals surface area (Å²) in [6.45, 7) is 1.93. The number of carbonyl (C=O) groups is 1. The van der Waals surface area contributed by atoms with Crippen molar-refractivity contribution in [2.45, 2.75) is 19.4 Å². The first kappa shape index (κ1) is 18.9. The molecule has 0 aliphatic carbocycles. The zero-order valence-corrected chi connectivity index (χ0v) is 15.5. The summed E-state index contributed by atoms with van der Waals surface area (Å²) >= 11 is 5.89. The van der Waals surface area contributed by atoms with Crippen molar-refractivity contribution in [1.82, 2.24) is 5.32 Å². The Labute approximate surface area is 152 Å². The van der Waals surface area contributed by atoms with E-state index in [1.807, 2.05) is 19.1 Å². The van der Waals surface area contributed by atoms with Gasteiger partial charge in [-0.05, 0) is 42.3 Å². The van der Waals surface area contributed by atoms with Gasteiger partial charge in [-0.25, -0.2) is 0 Å². The molecule has 0 aromatic heterocycles. The van der Waals surface area contributed by atoms with Gasteiger partial charge in [-0.2, -0.15) is 0 Å². The Morgan fingerprint density at radius 1 is 1.04 bits per heavy atom. The van der Waals surface area contributed by atoms with E-state index in [2.05, 4.69) is 5.32 Å². The summed E-state index contributed by atoms with van der Waals surface area (Å²) in [5.74, 6) is 1.45. The molecule has 0 saturated carbocycles. The number of nitrogens with one attached hydrogen (secondary N) is 1. The van der Waals surface area contributed by atoms with Gasteiger partial charge in [0.2, 0.25) is 11.7 Å². The molecule has 134 valence electrons. The molecule has 0 aliphatic heterocycles. The van der Waals surface area contributed by atoms with Gasteiger partial charge < -0.3 is 19.5 Å². The number of rotatable bonds is 7. The van der Waals surface area contributed by atoms with Crippen LogP contribution in [0.1, 0.15) is 24.1 Å². The maximum atomic E-state index is 12.4. The second-order valence-electron chi connectivity index (χ2n) is 5.55. The monoisotopic (exact) mass is 363 g/mol. The van der Waals surface area contributed by atoms with Gasteiger partial charge in [-0.1, -0.05) is 23.7 Å². The van der Waals surface area contributed by atoms with Gasteiger partial charge in [0.1, 0.15) is 0 Å². The molecule has 1 amide bonds. The standard InChI is InChI=1S/C19H22ClNO4/c1-12(14-5-7-15(20)8-6-14)21-18(22)11-13-9-16(23-2)19(25-4)17(10-13)24-3/h5-10,12H,11H2,1-4H3,(H,21,22)/t12-/m1/s1. The fraction of sp³-hybridized carbons (Fsp3) is 0.316. The molecule has 2 rings (SSSR count). The van der Waals surface area contributed by atoms with Crippen LogP contribution >= 0.6 is 11.6 Å². The Bertz CT molecular complexity index is 706. The van der Waals surface area contributed by atoms with Crippen molar-refractivity contribution in [1.29, 1.82) is 0 Å². The molecule has 5 nitrogen and oxygen atoms in total. The molecule has 0 aliphatic rings. The minimum Gasteiger partial charge on any atom is -0.493 e. The number of ether oxygens (including phenoxy) is 3. The highest BCUT2D eigenvalue weighted by Gasteiger charge is 2.16. The van der Waals surface area contributed by atoms with Gasteiger partial charge >= 0.3 is 0 Å². The first-order valence-corrected chi connectivity index (χ1v) is 8.20. The fourth-order valence-electron chi connectivity index (χ4n) is 2.55. The van der Waals surface area contributed by atoms with Gasteiger partial charge in [0.25, 0.3) is 0 Å². The molecule has 0 radical (unpaired) electrons. The van der Waals surface area contributed by atoms with Crippen LogP contribution in [0.2, 0.25) is 5.02 Å². The highest BCUT2D eigenvalue weighted by atomic mass is 35.5. The van der Waals surface area contributed by atoms with Gasteiger partial charge in [0.05, 0.1) is 33.8 Å². The summed E-state index contributed by atoms with van der Waals surface area (Å²) in [6, 6.07) is 10.8. The summed E-state index contributed by atoms with van der Waals surface area (Å²) in [4.78, 5) is 12.4. The largest absolute Gasteiger partial charge is 0.493 e. The van der Waals surface area contributed by atoms with Crippen molar-refractivity contribution in [2.75, 3.05) is 21.3 Å². The Morgan fingerprint density at radius 2 is 1.60 bits per heavy atom. The highest BCUT2D eigenvalue weighted by Crippen LogP contribution is 2.38. The zero-order chi connectivity index (χ0) is 18.4. The van der Waals surface area contributed by atoms with E-state index in [4.69, 9.17) is 25.8 Å². The second kappa shape index (κ2) is 8.62. The second-order valence-corrected chi connectivity index (χ2v) is 5.99. The van der Waals surface area contributed by atoms with Gasteiger partial charge in [0.15, 0.2) is 11.5 Å². The van der Waals surface area contributed by atoms with Crippen LogP contribution < -0.4 is 19.5 Å². The topological polar surface area (TPSA) is 56.8 Å². The lowest BCUT2D eigenvalue weighted by Crippen LogP contribution is -2.28. The molecular weight excluding hydrogens is 342 g/mol. The number of halogens is 1. The number of amides is 1. The normalized spacial score (nSPS) is 11.6. The van der Waals surface area contributed by atoms with E-state index in [-0.39, 0.29) is 18.4 Å². The van der Waals surface area contributed by atoms with Crippen LogP contribution in [0.5, 0.6) is 17.2 Å². The summed E-state index contributed by atoms with van der Waals surface area (Å²) in [7, 11) is 4.63. The summed E-state index contributed by atoms with van der Waals surface area (Å²) in [6.07, 6.45) is 0.203. The first-order valence-electron chi connectivity index (χ1n) is 7.82. The quantitative estimate of drug-likeness (QED) is 0.813. The van der Waals surface area contributed by atoms with E-state index < -0.39 is 0 Å². The minimum absolute atomic E-state index is 0.100. The van der Waals surface area contributed by atoms with Crippen molar-refractivity contribution in [3.8, 4) is 17.2 Å². The molecule has 0 fully saturated rings. The van der Waals surface area contributed by atoms with Crippen molar-refractivity contribution < 1.29 is 19.0 Å². The fourth-order valence-corrected chi connectivity index (χ4v) is 2.68. The van der Waals surface area contributed by atoms with Gasteiger partial charge in [-0.3, -0.25) is 4.79 Å². The molecule has 0 bridgehead atoms. The van der Waals surface area contributed by atoms with E-state index in [9.17, 15) is 4.79 Å². The van der Waals surface area contributed by atoms with Crippen LogP contribution in [0.3, 0.4) is 0 Å². The lowest BCUT2D eigenvalue weighted by Gasteiger charge is -2.16. The number of hydrogen-bond acceptors (Lipinski definition) is 4. The molecule has 1 N–H and O–H groups in total. The van der Waals surface area contributed by atoms with E-state index in [0.717, 1.165) is 11.1 Å². The average molecular weight is 364 g/mol. The van der Waals surface area contributed by atoms with E-state index in [1.54, 1.807) is 45.6 Å². The van der Waals surface area contributed by atoms with Crippen molar-refractivity contribution >= 4 is 17.5 Å². The third kappa shape index (κ3) is 4.79. The summed E-state index contributed by atoms with van der Waals surface area (Å²) in [5.41, 5.74) is 1.76. The average Bonchev–Trinajstić information content (AvgIpc) is 2.61. The van der Waals surface area contributed by atoms with Crippen molar-refractivity contribution in [3.63, 3.8) is 0 Å². The Morgan fingerprint density at radius 3 is 2.08 bits per heavy atom. The molecule has 0 saturated heterocycles. The SMILES string of the molecule is COc1cc(CC(=O)N[C@H](C)c2ccc(Cl)cc2)cc(OC)c1OC. The van der Waals surface area contributed by atoms with Crippen molar-refractivity contribution in [3.05, 3.63) is 52.5 Å². The predicted molar refractivity (Wildman–Crippen MR) is 97.8 cm³/mol. The van der Waals surface area contributed by atoms with E-state index in [1.165, 1.54) is 0 Å². The summed E-state index contributed by atoms with van der Waals surface area (Å²) < 4.78 is 15.9. The zero-order valence-electron chi connectivity index (χ0n) is 14.8. The maximum absolute atomic E-state index is 12.4. The molecule has 0 spiro atoms. The van der Waals surface area contributed by atoms with Crippen molar-refractivity contribution in [2.24, 2.45) is 0 Å². The molecule has 0 heterocycles. The smallest absolute Gasteiger partial charge is 0.224 e. The molecule has 0 unspecified atom stereocenters. The van der Waals surface area contributed by atoms with Crippen LogP contribution in [0.25, 0.3) is 0 Å². The molecule has 25 heavy (non-hydrogen) atoms. The molecule has 2 aromatic rings. The van der Waals surface area contributed by atoms with Gasteiger partial charge in [-0.15, -0.1) is 0 Å². The van der Waals surface area contributed by atoms with E-state index in [0.29, 0.717) is 22.3 Å². The Hall–Kier alpha value is -2.40. The number of benzene rings is 2. The van der Waals surface area contributed by atoms with E-state index >= 15 is 0 Å².